The van der Waals surface area contributed by atoms with E-state index in [0.29, 0.717) is 22.5 Å². The van der Waals surface area contributed by atoms with Crippen LogP contribution in [-0.2, 0) is 19.1 Å². The maximum Gasteiger partial charge on any atom is 0.336 e. The van der Waals surface area contributed by atoms with Gasteiger partial charge in [0.1, 0.15) is 5.92 Å². The summed E-state index contributed by atoms with van der Waals surface area (Å²) in [5.41, 5.74) is 3.78. The van der Waals surface area contributed by atoms with Gasteiger partial charge in [-0.2, -0.15) is 5.10 Å². The molecule has 0 spiro atoms. The molecule has 2 aromatic rings. The van der Waals surface area contributed by atoms with Gasteiger partial charge in [-0.1, -0.05) is 30.3 Å². The quantitative estimate of drug-likeness (QED) is 0.839. The number of hydrogen-bond acceptors (Lipinski definition) is 6. The van der Waals surface area contributed by atoms with Crippen LogP contribution in [0, 0.1) is 5.92 Å². The largest absolute Gasteiger partial charge is 0.468 e. The number of aromatic nitrogens is 2. The lowest BCUT2D eigenvalue weighted by Crippen LogP contribution is -2.36. The van der Waals surface area contributed by atoms with Crippen LogP contribution in [0.1, 0.15) is 25.3 Å². The second-order valence-electron chi connectivity index (χ2n) is 6.29. The summed E-state index contributed by atoms with van der Waals surface area (Å²) < 4.78 is 9.99. The van der Waals surface area contributed by atoms with Gasteiger partial charge in [0.15, 0.2) is 0 Å². The van der Waals surface area contributed by atoms with E-state index in [-0.39, 0.29) is 0 Å². The summed E-state index contributed by atoms with van der Waals surface area (Å²) in [7, 11) is 2.63. The predicted molar refractivity (Wildman–Crippen MR) is 100 cm³/mol. The van der Waals surface area contributed by atoms with E-state index < -0.39 is 23.8 Å². The molecule has 1 aromatic carbocycles. The zero-order valence-corrected chi connectivity index (χ0v) is 15.6. The number of aliphatic imine (C=N–C) groups is 1. The number of rotatable bonds is 4. The lowest BCUT2D eigenvalue weighted by atomic mass is 9.75. The molecule has 0 amide bonds. The Morgan fingerprint density at radius 3 is 2.41 bits per heavy atom. The van der Waals surface area contributed by atoms with E-state index in [1.54, 1.807) is 20.0 Å². The van der Waals surface area contributed by atoms with E-state index >= 15 is 0 Å². The molecule has 0 radical (unpaired) electrons. The van der Waals surface area contributed by atoms with E-state index in [1.807, 2.05) is 30.3 Å². The minimum absolute atomic E-state index is 0.331. The summed E-state index contributed by atoms with van der Waals surface area (Å²) in [5, 5.41) is 7.16. The molecule has 2 unspecified atom stereocenters. The fourth-order valence-corrected chi connectivity index (χ4v) is 3.55. The highest BCUT2D eigenvalue weighted by Gasteiger charge is 2.43. The standard InChI is InChI=1S/C20H21N3O4/c1-11-15(19(24)26-3)17(16(12(2)22-11)20(25)27-4)14-10-21-23-18(14)13-8-6-5-7-9-13/h5-10,15,17H,1-4H3,(H,21,23). The van der Waals surface area contributed by atoms with Gasteiger partial charge < -0.3 is 9.47 Å². The Morgan fingerprint density at radius 2 is 1.78 bits per heavy atom. The smallest absolute Gasteiger partial charge is 0.336 e. The Balaban J connectivity index is 2.23. The number of hydrogen-bond donors (Lipinski definition) is 1. The second-order valence-corrected chi connectivity index (χ2v) is 6.29. The maximum absolute atomic E-state index is 12.6. The molecule has 0 bridgehead atoms. The third-order valence-electron chi connectivity index (χ3n) is 4.75. The number of carbonyl (C=O) groups excluding carboxylic acids is 2. The fraction of sp³-hybridized carbons (Fsp3) is 0.300. The van der Waals surface area contributed by atoms with E-state index in [1.165, 1.54) is 14.2 Å². The number of aromatic amines is 1. The normalized spacial score (nSPS) is 19.5. The van der Waals surface area contributed by atoms with E-state index in [4.69, 9.17) is 9.47 Å². The van der Waals surface area contributed by atoms with Crippen molar-refractivity contribution in [1.82, 2.24) is 10.2 Å². The molecular formula is C20H21N3O4. The number of H-pyrrole nitrogens is 1. The molecule has 0 saturated carbocycles. The molecular weight excluding hydrogens is 346 g/mol. The Kier molecular flexibility index (Phi) is 5.21. The van der Waals surface area contributed by atoms with Crippen LogP contribution >= 0.6 is 0 Å². The molecule has 1 aliphatic heterocycles. The van der Waals surface area contributed by atoms with Crippen molar-refractivity contribution in [3.05, 3.63) is 53.4 Å². The number of carbonyl (C=O) groups is 2. The fourth-order valence-electron chi connectivity index (χ4n) is 3.55. The molecule has 2 heterocycles. The van der Waals surface area contributed by atoms with Crippen molar-refractivity contribution in [2.45, 2.75) is 19.8 Å². The number of nitrogens with zero attached hydrogens (tertiary/aromatic N) is 2. The first-order valence-corrected chi connectivity index (χ1v) is 8.50. The van der Waals surface area contributed by atoms with Crippen LogP contribution in [0.3, 0.4) is 0 Å². The lowest BCUT2D eigenvalue weighted by molar-refractivity contribution is -0.143. The number of benzene rings is 1. The zero-order valence-electron chi connectivity index (χ0n) is 15.6. The molecule has 140 valence electrons. The molecule has 0 saturated heterocycles. The van der Waals surface area contributed by atoms with Crippen LogP contribution in [0.5, 0.6) is 0 Å². The second kappa shape index (κ2) is 7.57. The molecule has 2 atom stereocenters. The molecule has 7 heteroatoms. The molecule has 1 aliphatic rings. The van der Waals surface area contributed by atoms with Gasteiger partial charge in [-0.05, 0) is 19.4 Å². The van der Waals surface area contributed by atoms with Crippen molar-refractivity contribution in [3.8, 4) is 11.3 Å². The van der Waals surface area contributed by atoms with E-state index in [9.17, 15) is 9.59 Å². The first-order chi connectivity index (χ1) is 13.0. The topological polar surface area (TPSA) is 93.6 Å². The van der Waals surface area contributed by atoms with Crippen LogP contribution in [0.2, 0.25) is 0 Å². The Hall–Kier alpha value is -3.22. The zero-order chi connectivity index (χ0) is 19.6. The van der Waals surface area contributed by atoms with Gasteiger partial charge >= 0.3 is 11.9 Å². The molecule has 27 heavy (non-hydrogen) atoms. The molecule has 1 aromatic heterocycles. The van der Waals surface area contributed by atoms with Gasteiger partial charge in [-0.3, -0.25) is 14.9 Å². The van der Waals surface area contributed by atoms with Crippen LogP contribution in [0.25, 0.3) is 11.3 Å². The van der Waals surface area contributed by atoms with Crippen LogP contribution < -0.4 is 0 Å². The molecule has 0 fully saturated rings. The van der Waals surface area contributed by atoms with Gasteiger partial charge in [-0.15, -0.1) is 0 Å². The van der Waals surface area contributed by atoms with Crippen LogP contribution in [-0.4, -0.2) is 42.1 Å². The lowest BCUT2D eigenvalue weighted by Gasteiger charge is -2.30. The summed E-state index contributed by atoms with van der Waals surface area (Å²) >= 11 is 0. The highest BCUT2D eigenvalue weighted by molar-refractivity contribution is 6.07. The summed E-state index contributed by atoms with van der Waals surface area (Å²) in [4.78, 5) is 29.6. The molecule has 3 rings (SSSR count). The minimum Gasteiger partial charge on any atom is -0.468 e. The monoisotopic (exact) mass is 367 g/mol. The minimum atomic E-state index is -0.743. The molecule has 7 nitrogen and oxygen atoms in total. The first kappa shape index (κ1) is 18.6. The van der Waals surface area contributed by atoms with Crippen molar-refractivity contribution in [2.24, 2.45) is 10.9 Å². The van der Waals surface area contributed by atoms with Gasteiger partial charge in [0.25, 0.3) is 0 Å². The van der Waals surface area contributed by atoms with Crippen molar-refractivity contribution in [1.29, 1.82) is 0 Å². The van der Waals surface area contributed by atoms with Crippen molar-refractivity contribution < 1.29 is 19.1 Å². The average molecular weight is 367 g/mol. The summed E-state index contributed by atoms with van der Waals surface area (Å²) in [6.45, 7) is 3.49. The highest BCUT2D eigenvalue weighted by atomic mass is 16.5. The average Bonchev–Trinajstić information content (AvgIpc) is 3.16. The van der Waals surface area contributed by atoms with E-state index in [2.05, 4.69) is 15.2 Å². The number of ether oxygens (including phenoxy) is 2. The Labute approximate surface area is 157 Å². The molecule has 1 N–H and O–H groups in total. The van der Waals surface area contributed by atoms with Gasteiger partial charge in [-0.25, -0.2) is 4.79 Å². The first-order valence-electron chi connectivity index (χ1n) is 8.50. The van der Waals surface area contributed by atoms with Gasteiger partial charge in [0, 0.05) is 22.9 Å². The predicted octanol–water partition coefficient (Wildman–Crippen LogP) is 2.87. The van der Waals surface area contributed by atoms with E-state index in [0.717, 1.165) is 11.3 Å². The van der Waals surface area contributed by atoms with Crippen molar-refractivity contribution in [2.75, 3.05) is 14.2 Å². The number of esters is 2. The SMILES string of the molecule is COC(=O)C1=C(C)N=C(C)C(C(=O)OC)C1c1cn[nH]c1-c1ccccc1. The molecule has 0 aliphatic carbocycles. The number of methoxy groups -OCH3 is 2. The Bertz CT molecular complexity index is 928. The third kappa shape index (κ3) is 3.28. The maximum atomic E-state index is 12.6. The van der Waals surface area contributed by atoms with Crippen molar-refractivity contribution in [3.63, 3.8) is 0 Å². The Morgan fingerprint density at radius 1 is 1.07 bits per heavy atom. The van der Waals surface area contributed by atoms with Gasteiger partial charge in [0.05, 0.1) is 31.7 Å². The number of allylic oxidation sites excluding steroid dienone is 1. The number of nitrogens with one attached hydrogen (secondary N) is 1. The van der Waals surface area contributed by atoms with Crippen molar-refractivity contribution >= 4 is 17.7 Å². The van der Waals surface area contributed by atoms with Crippen LogP contribution in [0.4, 0.5) is 0 Å². The third-order valence-corrected chi connectivity index (χ3v) is 4.75. The van der Waals surface area contributed by atoms with Gasteiger partial charge in [0.2, 0.25) is 0 Å². The summed E-state index contributed by atoms with van der Waals surface area (Å²) in [5.74, 6) is -2.34. The highest BCUT2D eigenvalue weighted by Crippen LogP contribution is 2.42. The van der Waals surface area contributed by atoms with Crippen LogP contribution in [0.15, 0.2) is 52.8 Å². The summed E-state index contributed by atoms with van der Waals surface area (Å²) in [6, 6.07) is 9.60. The summed E-state index contributed by atoms with van der Waals surface area (Å²) in [6.07, 6.45) is 1.64.